The van der Waals surface area contributed by atoms with Gasteiger partial charge in [0, 0.05) is 32.1 Å². The standard InChI is InChI=1S/C14H22N2O/c1-15-9-13-11-16(8-7-14(13)17)10-12-5-3-2-4-6-12/h2-6,13-15,17H,7-11H2,1H3/t13-,14-/m0/s1. The average Bonchev–Trinajstić information content (AvgIpc) is 2.35. The molecule has 3 nitrogen and oxygen atoms in total. The molecule has 2 atom stereocenters. The number of likely N-dealkylation sites (tertiary alicyclic amines) is 1. The Morgan fingerprint density at radius 3 is 2.82 bits per heavy atom. The van der Waals surface area contributed by atoms with Crippen molar-refractivity contribution in [1.29, 1.82) is 0 Å². The molecule has 17 heavy (non-hydrogen) atoms. The molecule has 1 aromatic carbocycles. The fourth-order valence-electron chi connectivity index (χ4n) is 2.54. The summed E-state index contributed by atoms with van der Waals surface area (Å²) in [6.45, 7) is 3.87. The number of benzene rings is 1. The number of piperidine rings is 1. The third-order valence-corrected chi connectivity index (χ3v) is 3.49. The van der Waals surface area contributed by atoms with E-state index in [4.69, 9.17) is 0 Å². The van der Waals surface area contributed by atoms with Gasteiger partial charge in [-0.3, -0.25) is 4.90 Å². The van der Waals surface area contributed by atoms with Crippen molar-refractivity contribution in [3.63, 3.8) is 0 Å². The van der Waals surface area contributed by atoms with Crippen molar-refractivity contribution < 1.29 is 5.11 Å². The van der Waals surface area contributed by atoms with Crippen molar-refractivity contribution in [2.45, 2.75) is 19.1 Å². The Balaban J connectivity index is 1.90. The van der Waals surface area contributed by atoms with Gasteiger partial charge in [0.05, 0.1) is 6.10 Å². The fraction of sp³-hybridized carbons (Fsp3) is 0.571. The van der Waals surface area contributed by atoms with E-state index < -0.39 is 0 Å². The lowest BCUT2D eigenvalue weighted by Crippen LogP contribution is -2.46. The molecule has 0 aliphatic carbocycles. The summed E-state index contributed by atoms with van der Waals surface area (Å²) in [7, 11) is 1.95. The highest BCUT2D eigenvalue weighted by Crippen LogP contribution is 2.18. The van der Waals surface area contributed by atoms with Gasteiger partial charge in [-0.25, -0.2) is 0 Å². The van der Waals surface area contributed by atoms with Crippen LogP contribution in [0.2, 0.25) is 0 Å². The Kier molecular flexibility index (Phi) is 4.54. The molecule has 0 saturated carbocycles. The van der Waals surface area contributed by atoms with Crippen LogP contribution in [0.25, 0.3) is 0 Å². The van der Waals surface area contributed by atoms with E-state index >= 15 is 0 Å². The number of nitrogens with zero attached hydrogens (tertiary/aromatic N) is 1. The summed E-state index contributed by atoms with van der Waals surface area (Å²) in [5, 5.41) is 13.1. The minimum atomic E-state index is -0.144. The summed E-state index contributed by atoms with van der Waals surface area (Å²) in [6.07, 6.45) is 0.744. The molecule has 0 unspecified atom stereocenters. The Labute approximate surface area is 103 Å². The lowest BCUT2D eigenvalue weighted by molar-refractivity contribution is 0.0248. The van der Waals surface area contributed by atoms with E-state index in [9.17, 15) is 5.11 Å². The van der Waals surface area contributed by atoms with E-state index in [0.29, 0.717) is 5.92 Å². The number of aliphatic hydroxyl groups is 1. The van der Waals surface area contributed by atoms with E-state index in [1.54, 1.807) is 0 Å². The zero-order valence-corrected chi connectivity index (χ0v) is 10.5. The van der Waals surface area contributed by atoms with Crippen LogP contribution < -0.4 is 5.32 Å². The third-order valence-electron chi connectivity index (χ3n) is 3.49. The second-order valence-corrected chi connectivity index (χ2v) is 4.89. The van der Waals surface area contributed by atoms with E-state index in [1.807, 2.05) is 13.1 Å². The van der Waals surface area contributed by atoms with Crippen LogP contribution in [-0.4, -0.2) is 42.8 Å². The van der Waals surface area contributed by atoms with Gasteiger partial charge in [-0.15, -0.1) is 0 Å². The molecule has 0 aromatic heterocycles. The first-order chi connectivity index (χ1) is 8.29. The Hall–Kier alpha value is -0.900. The second kappa shape index (κ2) is 6.15. The molecule has 1 aliphatic rings. The molecular formula is C14H22N2O. The number of aliphatic hydroxyl groups excluding tert-OH is 1. The van der Waals surface area contributed by atoms with Crippen LogP contribution in [0.15, 0.2) is 30.3 Å². The van der Waals surface area contributed by atoms with Crippen LogP contribution in [-0.2, 0) is 6.54 Å². The van der Waals surface area contributed by atoms with Crippen LogP contribution in [0.5, 0.6) is 0 Å². The van der Waals surface area contributed by atoms with Crippen molar-refractivity contribution in [2.75, 3.05) is 26.7 Å². The van der Waals surface area contributed by atoms with E-state index in [0.717, 1.165) is 32.6 Å². The predicted molar refractivity (Wildman–Crippen MR) is 69.8 cm³/mol. The van der Waals surface area contributed by atoms with Crippen molar-refractivity contribution in [3.05, 3.63) is 35.9 Å². The molecule has 0 radical (unpaired) electrons. The van der Waals surface area contributed by atoms with Gasteiger partial charge in [-0.05, 0) is 19.0 Å². The van der Waals surface area contributed by atoms with Gasteiger partial charge in [0.2, 0.25) is 0 Å². The van der Waals surface area contributed by atoms with Crippen molar-refractivity contribution in [3.8, 4) is 0 Å². The normalized spacial score (nSPS) is 26.0. The SMILES string of the molecule is CNC[C@H]1CN(Cc2ccccc2)CC[C@@H]1O. The van der Waals surface area contributed by atoms with E-state index in [2.05, 4.69) is 34.5 Å². The second-order valence-electron chi connectivity index (χ2n) is 4.89. The highest BCUT2D eigenvalue weighted by molar-refractivity contribution is 5.14. The minimum absolute atomic E-state index is 0.144. The molecule has 2 N–H and O–H groups in total. The van der Waals surface area contributed by atoms with Crippen LogP contribution in [0, 0.1) is 5.92 Å². The minimum Gasteiger partial charge on any atom is -0.393 e. The summed E-state index contributed by atoms with van der Waals surface area (Å²) in [4.78, 5) is 2.43. The smallest absolute Gasteiger partial charge is 0.0605 e. The largest absolute Gasteiger partial charge is 0.393 e. The van der Waals surface area contributed by atoms with E-state index in [-0.39, 0.29) is 6.10 Å². The number of rotatable bonds is 4. The van der Waals surface area contributed by atoms with Gasteiger partial charge in [0.15, 0.2) is 0 Å². The molecule has 94 valence electrons. The number of nitrogens with one attached hydrogen (secondary N) is 1. The molecular weight excluding hydrogens is 212 g/mol. The summed E-state index contributed by atoms with van der Waals surface area (Å²) in [6, 6.07) is 10.5. The lowest BCUT2D eigenvalue weighted by Gasteiger charge is -2.36. The summed E-state index contributed by atoms with van der Waals surface area (Å²) < 4.78 is 0. The van der Waals surface area contributed by atoms with Gasteiger partial charge in [0.25, 0.3) is 0 Å². The van der Waals surface area contributed by atoms with Gasteiger partial charge >= 0.3 is 0 Å². The van der Waals surface area contributed by atoms with Gasteiger partial charge in [-0.2, -0.15) is 0 Å². The van der Waals surface area contributed by atoms with Crippen LogP contribution in [0.1, 0.15) is 12.0 Å². The van der Waals surface area contributed by atoms with Crippen LogP contribution >= 0.6 is 0 Å². The van der Waals surface area contributed by atoms with E-state index in [1.165, 1.54) is 5.56 Å². The topological polar surface area (TPSA) is 35.5 Å². The Bertz CT molecular complexity index is 328. The zero-order valence-electron chi connectivity index (χ0n) is 10.5. The highest BCUT2D eigenvalue weighted by Gasteiger charge is 2.26. The average molecular weight is 234 g/mol. The zero-order chi connectivity index (χ0) is 12.1. The fourth-order valence-corrected chi connectivity index (χ4v) is 2.54. The maximum Gasteiger partial charge on any atom is 0.0605 e. The molecule has 0 spiro atoms. The number of hydrogen-bond acceptors (Lipinski definition) is 3. The van der Waals surface area contributed by atoms with Crippen molar-refractivity contribution in [1.82, 2.24) is 10.2 Å². The molecule has 2 rings (SSSR count). The van der Waals surface area contributed by atoms with Crippen LogP contribution in [0.3, 0.4) is 0 Å². The molecule has 1 saturated heterocycles. The first-order valence-corrected chi connectivity index (χ1v) is 6.38. The first kappa shape index (κ1) is 12.6. The maximum absolute atomic E-state index is 9.92. The quantitative estimate of drug-likeness (QED) is 0.818. The Morgan fingerprint density at radius 1 is 1.35 bits per heavy atom. The predicted octanol–water partition coefficient (Wildman–Crippen LogP) is 1.09. The molecule has 0 bridgehead atoms. The molecule has 3 heteroatoms. The van der Waals surface area contributed by atoms with Crippen molar-refractivity contribution >= 4 is 0 Å². The molecule has 1 aliphatic heterocycles. The van der Waals surface area contributed by atoms with Crippen molar-refractivity contribution in [2.24, 2.45) is 5.92 Å². The third kappa shape index (κ3) is 3.53. The maximum atomic E-state index is 9.92. The Morgan fingerprint density at radius 2 is 2.12 bits per heavy atom. The van der Waals surface area contributed by atoms with Gasteiger partial charge in [0.1, 0.15) is 0 Å². The molecule has 0 amide bonds. The molecule has 1 heterocycles. The van der Waals surface area contributed by atoms with Gasteiger partial charge in [-0.1, -0.05) is 30.3 Å². The summed E-state index contributed by atoms with van der Waals surface area (Å²) in [5.41, 5.74) is 1.35. The summed E-state index contributed by atoms with van der Waals surface area (Å²) in [5.74, 6) is 0.359. The highest BCUT2D eigenvalue weighted by atomic mass is 16.3. The molecule has 1 fully saturated rings. The molecule has 1 aromatic rings. The van der Waals surface area contributed by atoms with Gasteiger partial charge < -0.3 is 10.4 Å². The summed E-state index contributed by atoms with van der Waals surface area (Å²) >= 11 is 0. The van der Waals surface area contributed by atoms with Crippen LogP contribution in [0.4, 0.5) is 0 Å². The number of hydrogen-bond donors (Lipinski definition) is 2. The monoisotopic (exact) mass is 234 g/mol. The lowest BCUT2D eigenvalue weighted by atomic mass is 9.94. The first-order valence-electron chi connectivity index (χ1n) is 6.38.